The molecular weight excluding hydrogens is 534 g/mol. The highest BCUT2D eigenvalue weighted by molar-refractivity contribution is 6.42. The number of amides is 2. The fraction of sp³-hybridized carbons (Fsp3) is 0.375. The molecule has 2 aromatic carbocycles. The maximum atomic E-state index is 15.2. The Morgan fingerprint density at radius 1 is 1.05 bits per heavy atom. The van der Waals surface area contributed by atoms with E-state index in [1.807, 2.05) is 0 Å². The second-order valence-electron chi connectivity index (χ2n) is 8.73. The van der Waals surface area contributed by atoms with Crippen LogP contribution in [0, 0.1) is 5.82 Å². The normalized spacial score (nSPS) is 16.8. The van der Waals surface area contributed by atoms with E-state index in [4.69, 9.17) is 32.4 Å². The van der Waals surface area contributed by atoms with E-state index in [0.717, 1.165) is 6.07 Å². The summed E-state index contributed by atoms with van der Waals surface area (Å²) < 4.78 is 50.9. The molecule has 0 saturated carbocycles. The van der Waals surface area contributed by atoms with E-state index < -0.39 is 18.1 Å². The van der Waals surface area contributed by atoms with E-state index in [9.17, 15) is 13.6 Å². The van der Waals surface area contributed by atoms with Gasteiger partial charge in [-0.2, -0.15) is 8.78 Å². The maximum Gasteiger partial charge on any atom is 0.324 e. The number of halogens is 5. The van der Waals surface area contributed by atoms with Crippen molar-refractivity contribution in [2.45, 2.75) is 19.0 Å². The zero-order chi connectivity index (χ0) is 26.1. The van der Waals surface area contributed by atoms with Crippen LogP contribution >= 0.6 is 23.2 Å². The number of hydrogen-bond donors (Lipinski definition) is 0. The third-order valence-corrected chi connectivity index (χ3v) is 7.16. The average Bonchev–Trinajstić information content (AvgIpc) is 3.35. The van der Waals surface area contributed by atoms with Gasteiger partial charge in [0.2, 0.25) is 5.89 Å². The van der Waals surface area contributed by atoms with Gasteiger partial charge in [0.25, 0.3) is 5.89 Å². The molecule has 8 nitrogen and oxygen atoms in total. The second-order valence-corrected chi connectivity index (χ2v) is 9.55. The van der Waals surface area contributed by atoms with Crippen LogP contribution in [0.25, 0.3) is 11.5 Å². The van der Waals surface area contributed by atoms with Crippen molar-refractivity contribution in [3.8, 4) is 11.5 Å². The lowest BCUT2D eigenvalue weighted by atomic mass is 10.1. The van der Waals surface area contributed by atoms with Crippen molar-refractivity contribution in [2.75, 3.05) is 44.3 Å². The summed E-state index contributed by atoms with van der Waals surface area (Å²) in [5.74, 6) is -1.74. The van der Waals surface area contributed by atoms with Crippen molar-refractivity contribution in [1.82, 2.24) is 20.0 Å². The van der Waals surface area contributed by atoms with Gasteiger partial charge in [-0.1, -0.05) is 29.3 Å². The van der Waals surface area contributed by atoms with Crippen LogP contribution in [0.3, 0.4) is 0 Å². The van der Waals surface area contributed by atoms with Gasteiger partial charge < -0.3 is 14.1 Å². The number of hydrogen-bond acceptors (Lipinski definition) is 6. The molecule has 37 heavy (non-hydrogen) atoms. The van der Waals surface area contributed by atoms with E-state index in [0.29, 0.717) is 56.1 Å². The first-order valence-corrected chi connectivity index (χ1v) is 12.3. The molecule has 2 saturated heterocycles. The first kappa shape index (κ1) is 25.8. The quantitative estimate of drug-likeness (QED) is 0.413. The van der Waals surface area contributed by atoms with Gasteiger partial charge in [0, 0.05) is 43.0 Å². The molecular formula is C24H22Cl2F3N5O3. The monoisotopic (exact) mass is 555 g/mol. The Kier molecular flexibility index (Phi) is 7.57. The van der Waals surface area contributed by atoms with Gasteiger partial charge in [-0.25, -0.2) is 9.18 Å². The number of rotatable bonds is 6. The van der Waals surface area contributed by atoms with Crippen LogP contribution in [0.15, 0.2) is 40.8 Å². The van der Waals surface area contributed by atoms with Crippen LogP contribution < -0.4 is 4.90 Å². The Morgan fingerprint density at radius 3 is 2.41 bits per heavy atom. The predicted octanol–water partition coefficient (Wildman–Crippen LogP) is 5.26. The van der Waals surface area contributed by atoms with Crippen LogP contribution in [-0.4, -0.2) is 71.5 Å². The highest BCUT2D eigenvalue weighted by Gasteiger charge is 2.32. The van der Waals surface area contributed by atoms with Gasteiger partial charge in [-0.05, 0) is 30.3 Å². The third-order valence-electron chi connectivity index (χ3n) is 6.42. The van der Waals surface area contributed by atoms with Crippen molar-refractivity contribution < 1.29 is 27.1 Å². The Balaban J connectivity index is 1.37. The molecule has 2 aliphatic rings. The van der Waals surface area contributed by atoms with Crippen LogP contribution in [0.4, 0.5) is 23.7 Å². The lowest BCUT2D eigenvalue weighted by Gasteiger charge is -2.43. The van der Waals surface area contributed by atoms with E-state index in [2.05, 4.69) is 15.1 Å². The molecule has 3 aromatic rings. The fourth-order valence-electron chi connectivity index (χ4n) is 4.22. The summed E-state index contributed by atoms with van der Waals surface area (Å²) in [6.45, 7) is 3.74. The molecule has 0 radical (unpaired) electrons. The predicted molar refractivity (Wildman–Crippen MR) is 130 cm³/mol. The number of nitrogens with zero attached hydrogens (tertiary/aromatic N) is 5. The fourth-order valence-corrected chi connectivity index (χ4v) is 4.52. The van der Waals surface area contributed by atoms with Crippen LogP contribution in [-0.2, 0) is 11.3 Å². The zero-order valence-electron chi connectivity index (χ0n) is 19.4. The standard InChI is InChI=1S/C24H22Cl2F3N5O3/c25-18-4-3-16(10-19(18)26)34(24(35)33-7-5-32(6-8-33)17-12-36-13-17)11-15-2-1-14(9-20(15)27)22-30-31-23(37-22)21(28)29/h1-4,9-10,17,21H,5-8,11-13H2. The second kappa shape index (κ2) is 10.9. The molecule has 2 aliphatic heterocycles. The van der Waals surface area contributed by atoms with Crippen LogP contribution in [0.2, 0.25) is 10.0 Å². The van der Waals surface area contributed by atoms with Gasteiger partial charge in [0.1, 0.15) is 5.82 Å². The average molecular weight is 556 g/mol. The topological polar surface area (TPSA) is 74.9 Å². The lowest BCUT2D eigenvalue weighted by molar-refractivity contribution is -0.0738. The molecule has 5 rings (SSSR count). The summed E-state index contributed by atoms with van der Waals surface area (Å²) >= 11 is 12.3. The van der Waals surface area contributed by atoms with E-state index >= 15 is 4.39 Å². The smallest absolute Gasteiger partial charge is 0.324 e. The van der Waals surface area contributed by atoms with Gasteiger partial charge in [0.05, 0.1) is 35.8 Å². The first-order chi connectivity index (χ1) is 17.8. The number of carbonyl (C=O) groups is 1. The molecule has 0 N–H and O–H groups in total. The maximum absolute atomic E-state index is 15.2. The first-order valence-electron chi connectivity index (χ1n) is 11.5. The minimum absolute atomic E-state index is 0.105. The molecule has 1 aromatic heterocycles. The van der Waals surface area contributed by atoms with Gasteiger partial charge >= 0.3 is 12.5 Å². The van der Waals surface area contributed by atoms with Gasteiger partial charge in [-0.15, -0.1) is 10.2 Å². The number of urea groups is 1. The molecule has 0 spiro atoms. The summed E-state index contributed by atoms with van der Waals surface area (Å²) in [6, 6.07) is 8.88. The van der Waals surface area contributed by atoms with Crippen LogP contribution in [0.5, 0.6) is 0 Å². The molecule has 0 unspecified atom stereocenters. The molecule has 3 heterocycles. The lowest BCUT2D eigenvalue weighted by Crippen LogP contribution is -2.59. The highest BCUT2D eigenvalue weighted by atomic mass is 35.5. The molecule has 0 atom stereocenters. The molecule has 2 fully saturated rings. The number of anilines is 1. The molecule has 0 bridgehead atoms. The zero-order valence-corrected chi connectivity index (χ0v) is 20.9. The number of benzene rings is 2. The largest absolute Gasteiger partial charge is 0.415 e. The number of aromatic nitrogens is 2. The van der Waals surface area contributed by atoms with Crippen LogP contribution in [0.1, 0.15) is 17.9 Å². The number of alkyl halides is 2. The van der Waals surface area contributed by atoms with Crippen molar-refractivity contribution in [2.24, 2.45) is 0 Å². The minimum atomic E-state index is -2.93. The molecule has 13 heteroatoms. The molecule has 2 amide bonds. The molecule has 196 valence electrons. The van der Waals surface area contributed by atoms with Gasteiger partial charge in [-0.3, -0.25) is 9.80 Å². The number of carbonyl (C=O) groups excluding carboxylic acids is 1. The number of piperazine rings is 1. The third kappa shape index (κ3) is 5.54. The summed E-state index contributed by atoms with van der Waals surface area (Å²) in [7, 11) is 0. The summed E-state index contributed by atoms with van der Waals surface area (Å²) in [5, 5.41) is 7.40. The minimum Gasteiger partial charge on any atom is -0.415 e. The van der Waals surface area contributed by atoms with Gasteiger partial charge in [0.15, 0.2) is 0 Å². The summed E-state index contributed by atoms with van der Waals surface area (Å²) in [6.07, 6.45) is -2.93. The Morgan fingerprint density at radius 2 is 1.81 bits per heavy atom. The Labute approximate surface area is 220 Å². The van der Waals surface area contributed by atoms with E-state index in [1.165, 1.54) is 17.0 Å². The van der Waals surface area contributed by atoms with Crippen molar-refractivity contribution >= 4 is 34.9 Å². The van der Waals surface area contributed by atoms with Crippen molar-refractivity contribution in [3.05, 3.63) is 63.7 Å². The number of ether oxygens (including phenoxy) is 1. The van der Waals surface area contributed by atoms with E-state index in [1.54, 1.807) is 23.1 Å². The van der Waals surface area contributed by atoms with Crippen molar-refractivity contribution in [3.63, 3.8) is 0 Å². The highest BCUT2D eigenvalue weighted by Crippen LogP contribution is 2.31. The Hall–Kier alpha value is -2.86. The summed E-state index contributed by atoms with van der Waals surface area (Å²) in [5.41, 5.74) is 0.794. The SMILES string of the molecule is O=C(N1CCN(C2COC2)CC1)N(Cc1ccc(-c2nnc(C(F)F)o2)cc1F)c1ccc(Cl)c(Cl)c1. The van der Waals surface area contributed by atoms with Crippen molar-refractivity contribution in [1.29, 1.82) is 0 Å². The van der Waals surface area contributed by atoms with E-state index in [-0.39, 0.29) is 34.6 Å². The Bertz CT molecular complexity index is 1280. The summed E-state index contributed by atoms with van der Waals surface area (Å²) in [4.78, 5) is 19.1. The molecule has 0 aliphatic carbocycles.